The number of thiol groups is 1. The molecule has 0 atom stereocenters. The molecule has 0 aliphatic rings. The molecule has 0 aromatic carbocycles. The molecule has 0 aromatic rings. The Labute approximate surface area is 167 Å². The molecule has 158 valence electrons. The van der Waals surface area contributed by atoms with E-state index < -0.39 is 7.82 Å². The summed E-state index contributed by atoms with van der Waals surface area (Å²) in [6.07, 6.45) is 23.3. The van der Waals surface area contributed by atoms with Crippen LogP contribution in [-0.4, -0.2) is 22.1 Å². The molecule has 0 rings (SSSR count). The van der Waals surface area contributed by atoms with Crippen LogP contribution in [0.15, 0.2) is 0 Å². The van der Waals surface area contributed by atoms with Crippen molar-refractivity contribution in [2.45, 2.75) is 116 Å². The van der Waals surface area contributed by atoms with Crippen molar-refractivity contribution >= 4 is 20.5 Å². The Kier molecular flexibility index (Phi) is 20.6. The number of phosphoric acid groups is 1. The number of hydrogen-bond donors (Lipinski definition) is 3. The number of phosphoric ester groups is 1. The first-order chi connectivity index (χ1) is 12.6. The first kappa shape index (κ1) is 26.5. The molecule has 0 fully saturated rings. The van der Waals surface area contributed by atoms with Crippen LogP contribution in [0.25, 0.3) is 0 Å². The van der Waals surface area contributed by atoms with Crippen molar-refractivity contribution in [3.05, 3.63) is 0 Å². The molecule has 4 nitrogen and oxygen atoms in total. The van der Waals surface area contributed by atoms with Gasteiger partial charge in [-0.2, -0.15) is 12.6 Å². The van der Waals surface area contributed by atoms with Crippen LogP contribution in [0.4, 0.5) is 0 Å². The van der Waals surface area contributed by atoms with Crippen molar-refractivity contribution in [3.8, 4) is 0 Å². The summed E-state index contributed by atoms with van der Waals surface area (Å²) in [5.41, 5.74) is 0. The van der Waals surface area contributed by atoms with Crippen LogP contribution in [0.1, 0.15) is 116 Å². The minimum absolute atomic E-state index is 0.167. The van der Waals surface area contributed by atoms with E-state index in [1.165, 1.54) is 96.3 Å². The standard InChI is InChI=1S/C20H43O4PS/c21-25(22,23)24-19-17-15-13-11-9-7-5-3-1-2-4-6-8-10-12-14-16-18-20-26/h26H,1-20H2,(H2,21,22,23). The zero-order chi connectivity index (χ0) is 19.3. The highest BCUT2D eigenvalue weighted by atomic mass is 32.1. The van der Waals surface area contributed by atoms with Crippen LogP contribution in [0.3, 0.4) is 0 Å². The van der Waals surface area contributed by atoms with Gasteiger partial charge in [-0.15, -0.1) is 0 Å². The van der Waals surface area contributed by atoms with E-state index in [9.17, 15) is 4.57 Å². The number of unbranched alkanes of at least 4 members (excludes halogenated alkanes) is 17. The van der Waals surface area contributed by atoms with Gasteiger partial charge in [-0.1, -0.05) is 103 Å². The van der Waals surface area contributed by atoms with E-state index in [-0.39, 0.29) is 6.61 Å². The topological polar surface area (TPSA) is 66.8 Å². The average molecular weight is 411 g/mol. The average Bonchev–Trinajstić information content (AvgIpc) is 2.59. The summed E-state index contributed by atoms with van der Waals surface area (Å²) >= 11 is 4.24. The van der Waals surface area contributed by atoms with Crippen molar-refractivity contribution in [1.29, 1.82) is 0 Å². The summed E-state index contributed by atoms with van der Waals surface area (Å²) in [6.45, 7) is 0.167. The van der Waals surface area contributed by atoms with E-state index >= 15 is 0 Å². The van der Waals surface area contributed by atoms with Crippen molar-refractivity contribution in [2.75, 3.05) is 12.4 Å². The number of hydrogen-bond acceptors (Lipinski definition) is 3. The van der Waals surface area contributed by atoms with Gasteiger partial charge in [0, 0.05) is 0 Å². The second-order valence-corrected chi connectivity index (χ2v) is 9.10. The van der Waals surface area contributed by atoms with Crippen molar-refractivity contribution in [1.82, 2.24) is 0 Å². The van der Waals surface area contributed by atoms with Gasteiger partial charge >= 0.3 is 7.82 Å². The Balaban J connectivity index is 3.02. The van der Waals surface area contributed by atoms with E-state index in [0.717, 1.165) is 25.0 Å². The Morgan fingerprint density at radius 2 is 0.808 bits per heavy atom. The second kappa shape index (κ2) is 20.2. The van der Waals surface area contributed by atoms with Crippen LogP contribution in [0.5, 0.6) is 0 Å². The van der Waals surface area contributed by atoms with Gasteiger partial charge in [0.2, 0.25) is 0 Å². The van der Waals surface area contributed by atoms with Crippen LogP contribution in [0, 0.1) is 0 Å². The van der Waals surface area contributed by atoms with E-state index in [4.69, 9.17) is 9.79 Å². The lowest BCUT2D eigenvalue weighted by molar-refractivity contribution is 0.193. The molecule has 0 radical (unpaired) electrons. The van der Waals surface area contributed by atoms with E-state index in [1.807, 2.05) is 0 Å². The van der Waals surface area contributed by atoms with Gasteiger partial charge in [0.1, 0.15) is 0 Å². The summed E-state index contributed by atoms with van der Waals surface area (Å²) in [5, 5.41) is 0. The summed E-state index contributed by atoms with van der Waals surface area (Å²) in [6, 6.07) is 0. The molecule has 0 heterocycles. The van der Waals surface area contributed by atoms with Gasteiger partial charge in [-0.25, -0.2) is 4.57 Å². The molecule has 0 saturated heterocycles. The molecule has 26 heavy (non-hydrogen) atoms. The highest BCUT2D eigenvalue weighted by molar-refractivity contribution is 7.80. The van der Waals surface area contributed by atoms with Crippen LogP contribution in [0.2, 0.25) is 0 Å². The predicted molar refractivity (Wildman–Crippen MR) is 115 cm³/mol. The molecule has 0 aromatic heterocycles. The molecule has 0 unspecified atom stereocenters. The summed E-state index contributed by atoms with van der Waals surface area (Å²) < 4.78 is 14.9. The summed E-state index contributed by atoms with van der Waals surface area (Å²) in [4.78, 5) is 17.1. The zero-order valence-electron chi connectivity index (χ0n) is 16.7. The van der Waals surface area contributed by atoms with Gasteiger partial charge in [-0.05, 0) is 18.6 Å². The largest absolute Gasteiger partial charge is 0.469 e. The molecule has 0 aliphatic heterocycles. The third kappa shape index (κ3) is 24.5. The quantitative estimate of drug-likeness (QED) is 0.108. The van der Waals surface area contributed by atoms with Gasteiger partial charge in [-0.3, -0.25) is 4.52 Å². The fourth-order valence-corrected chi connectivity index (χ4v) is 3.82. The third-order valence-corrected chi connectivity index (χ3v) is 5.65. The zero-order valence-corrected chi connectivity index (χ0v) is 18.5. The molecule has 0 saturated carbocycles. The lowest BCUT2D eigenvalue weighted by Crippen LogP contribution is -1.92. The molecule has 0 spiro atoms. The Morgan fingerprint density at radius 3 is 1.08 bits per heavy atom. The summed E-state index contributed by atoms with van der Waals surface area (Å²) in [5.74, 6) is 1.04. The lowest BCUT2D eigenvalue weighted by atomic mass is 10.0. The maximum atomic E-state index is 10.5. The number of rotatable bonds is 21. The van der Waals surface area contributed by atoms with E-state index in [0.29, 0.717) is 0 Å². The van der Waals surface area contributed by atoms with Gasteiger partial charge in [0.25, 0.3) is 0 Å². The SMILES string of the molecule is O=P(O)(O)OCCCCCCCCCCCCCCCCCCCCS. The smallest absolute Gasteiger partial charge is 0.303 e. The van der Waals surface area contributed by atoms with Gasteiger partial charge in [0.05, 0.1) is 6.61 Å². The maximum Gasteiger partial charge on any atom is 0.469 e. The Bertz CT molecular complexity index is 323. The minimum atomic E-state index is -4.26. The van der Waals surface area contributed by atoms with E-state index in [1.54, 1.807) is 0 Å². The van der Waals surface area contributed by atoms with Crippen LogP contribution < -0.4 is 0 Å². The highest BCUT2D eigenvalue weighted by Crippen LogP contribution is 2.35. The summed E-state index contributed by atoms with van der Waals surface area (Å²) in [7, 11) is -4.26. The van der Waals surface area contributed by atoms with Crippen molar-refractivity contribution in [2.24, 2.45) is 0 Å². The van der Waals surface area contributed by atoms with E-state index in [2.05, 4.69) is 17.2 Å². The van der Waals surface area contributed by atoms with Crippen LogP contribution >= 0.6 is 20.5 Å². The maximum absolute atomic E-state index is 10.5. The first-order valence-corrected chi connectivity index (χ1v) is 13.0. The molecule has 0 amide bonds. The minimum Gasteiger partial charge on any atom is -0.303 e. The fraction of sp³-hybridized carbons (Fsp3) is 1.00. The molecule has 6 heteroatoms. The highest BCUT2D eigenvalue weighted by Gasteiger charge is 2.12. The molecular weight excluding hydrogens is 367 g/mol. The van der Waals surface area contributed by atoms with Gasteiger partial charge < -0.3 is 9.79 Å². The molecular formula is C20H43O4PS. The predicted octanol–water partition coefficient (Wildman–Crippen LogP) is 7.05. The monoisotopic (exact) mass is 410 g/mol. The van der Waals surface area contributed by atoms with Crippen molar-refractivity contribution < 1.29 is 18.9 Å². The fourth-order valence-electron chi connectivity index (χ4n) is 3.23. The Morgan fingerprint density at radius 1 is 0.538 bits per heavy atom. The molecule has 0 bridgehead atoms. The van der Waals surface area contributed by atoms with Gasteiger partial charge in [0.15, 0.2) is 0 Å². The molecule has 2 N–H and O–H groups in total. The second-order valence-electron chi connectivity index (χ2n) is 7.41. The first-order valence-electron chi connectivity index (χ1n) is 10.9. The van der Waals surface area contributed by atoms with Crippen LogP contribution in [-0.2, 0) is 9.09 Å². The molecule has 0 aliphatic carbocycles. The Hall–Kier alpha value is 0.460. The third-order valence-electron chi connectivity index (χ3n) is 4.81. The lowest BCUT2D eigenvalue weighted by Gasteiger charge is -2.05. The van der Waals surface area contributed by atoms with Crippen molar-refractivity contribution in [3.63, 3.8) is 0 Å². The normalized spacial score (nSPS) is 12.0.